The number of rotatable bonds is 5. The van der Waals surface area contributed by atoms with E-state index in [-0.39, 0.29) is 19.0 Å². The molecule has 0 saturated carbocycles. The molecule has 1 N–H and O–H groups in total. The first kappa shape index (κ1) is 13.0. The zero-order valence-electron chi connectivity index (χ0n) is 10.3. The second-order valence-electron chi connectivity index (χ2n) is 3.85. The zero-order valence-corrected chi connectivity index (χ0v) is 10.3. The molecular weight excluding hydrogens is 244 g/mol. The highest BCUT2D eigenvalue weighted by Gasteiger charge is 2.05. The smallest absolute Gasteiger partial charge is 0.330 e. The predicted molar refractivity (Wildman–Crippen MR) is 72.3 cm³/mol. The average Bonchev–Trinajstić information content (AvgIpc) is 2.45. The second-order valence-corrected chi connectivity index (χ2v) is 3.85. The van der Waals surface area contributed by atoms with E-state index < -0.39 is 5.97 Å². The van der Waals surface area contributed by atoms with Crippen LogP contribution in [0.15, 0.2) is 49.1 Å². The Bertz CT molecular complexity index is 604. The quantitative estimate of drug-likeness (QED) is 0.509. The maximum absolute atomic E-state index is 10.9. The first-order chi connectivity index (χ1) is 9.22. The molecule has 0 amide bonds. The highest BCUT2D eigenvalue weighted by molar-refractivity contribution is 5.92. The van der Waals surface area contributed by atoms with Crippen LogP contribution in [0, 0.1) is 0 Å². The van der Waals surface area contributed by atoms with Gasteiger partial charge in [-0.1, -0.05) is 30.8 Å². The molecule has 19 heavy (non-hydrogen) atoms. The van der Waals surface area contributed by atoms with Crippen molar-refractivity contribution in [2.75, 3.05) is 13.2 Å². The van der Waals surface area contributed by atoms with Crippen molar-refractivity contribution in [3.05, 3.63) is 49.1 Å². The summed E-state index contributed by atoms with van der Waals surface area (Å²) in [6.07, 6.45) is 1.11. The fraction of sp³-hybridized carbons (Fsp3) is 0.133. The molecule has 4 heteroatoms. The minimum Gasteiger partial charge on any atom is -0.507 e. The standard InChI is InChI=1S/C15H14O4/c1-2-15(17)19-10-9-18-14-8-7-13(16)11-5-3-4-6-12(11)14/h2-8,16H,1,9-10H2. The highest BCUT2D eigenvalue weighted by Crippen LogP contribution is 2.31. The van der Waals surface area contributed by atoms with Crippen LogP contribution < -0.4 is 4.74 Å². The van der Waals surface area contributed by atoms with Gasteiger partial charge in [0.15, 0.2) is 0 Å². The number of carbonyl (C=O) groups is 1. The number of esters is 1. The SMILES string of the molecule is C=CC(=O)OCCOc1ccc(O)c2ccccc12. The molecule has 0 aliphatic heterocycles. The van der Waals surface area contributed by atoms with Gasteiger partial charge in [0.1, 0.15) is 24.7 Å². The van der Waals surface area contributed by atoms with Crippen molar-refractivity contribution in [1.82, 2.24) is 0 Å². The molecule has 2 aromatic carbocycles. The molecule has 0 bridgehead atoms. The molecule has 0 spiro atoms. The van der Waals surface area contributed by atoms with Crippen molar-refractivity contribution in [2.45, 2.75) is 0 Å². The minimum atomic E-state index is -0.473. The van der Waals surface area contributed by atoms with E-state index in [0.29, 0.717) is 5.75 Å². The number of carbonyl (C=O) groups excluding carboxylic acids is 1. The fourth-order valence-corrected chi connectivity index (χ4v) is 1.73. The van der Waals surface area contributed by atoms with E-state index in [9.17, 15) is 9.90 Å². The molecule has 0 radical (unpaired) electrons. The average molecular weight is 258 g/mol. The van der Waals surface area contributed by atoms with E-state index in [0.717, 1.165) is 16.8 Å². The van der Waals surface area contributed by atoms with Gasteiger partial charge in [-0.25, -0.2) is 4.79 Å². The molecule has 0 atom stereocenters. The molecule has 0 aliphatic rings. The molecular formula is C15H14O4. The topological polar surface area (TPSA) is 55.8 Å². The number of fused-ring (bicyclic) bond motifs is 1. The van der Waals surface area contributed by atoms with Gasteiger partial charge in [-0.3, -0.25) is 0 Å². The van der Waals surface area contributed by atoms with E-state index >= 15 is 0 Å². The molecule has 0 aromatic heterocycles. The van der Waals surface area contributed by atoms with Gasteiger partial charge in [-0.05, 0) is 12.1 Å². The maximum Gasteiger partial charge on any atom is 0.330 e. The van der Waals surface area contributed by atoms with Gasteiger partial charge in [-0.15, -0.1) is 0 Å². The summed E-state index contributed by atoms with van der Waals surface area (Å²) < 4.78 is 10.4. The molecule has 0 saturated heterocycles. The number of phenols is 1. The summed E-state index contributed by atoms with van der Waals surface area (Å²) in [4.78, 5) is 10.9. The van der Waals surface area contributed by atoms with Gasteiger partial charge in [0, 0.05) is 16.8 Å². The van der Waals surface area contributed by atoms with Crippen LogP contribution in [0.25, 0.3) is 10.8 Å². The molecule has 0 heterocycles. The first-order valence-electron chi connectivity index (χ1n) is 5.85. The summed E-state index contributed by atoms with van der Waals surface area (Å²) in [6, 6.07) is 10.7. The Balaban J connectivity index is 2.07. The van der Waals surface area contributed by atoms with Crippen LogP contribution in [0.1, 0.15) is 0 Å². The minimum absolute atomic E-state index is 0.153. The van der Waals surface area contributed by atoms with E-state index in [1.54, 1.807) is 12.1 Å². The number of hydrogen-bond donors (Lipinski definition) is 1. The number of ether oxygens (including phenoxy) is 2. The van der Waals surface area contributed by atoms with Gasteiger partial charge < -0.3 is 14.6 Å². The Morgan fingerprint density at radius 3 is 2.63 bits per heavy atom. The Morgan fingerprint density at radius 1 is 1.16 bits per heavy atom. The number of phenolic OH excluding ortho intramolecular Hbond substituents is 1. The Kier molecular flexibility index (Phi) is 4.03. The molecule has 2 rings (SSSR count). The van der Waals surface area contributed by atoms with Gasteiger partial charge in [-0.2, -0.15) is 0 Å². The highest BCUT2D eigenvalue weighted by atomic mass is 16.6. The van der Waals surface area contributed by atoms with Crippen molar-refractivity contribution < 1.29 is 19.4 Å². The zero-order chi connectivity index (χ0) is 13.7. The van der Waals surface area contributed by atoms with Crippen molar-refractivity contribution >= 4 is 16.7 Å². The summed E-state index contributed by atoms with van der Waals surface area (Å²) in [5, 5.41) is 11.3. The molecule has 4 nitrogen and oxygen atoms in total. The lowest BCUT2D eigenvalue weighted by atomic mass is 10.1. The van der Waals surface area contributed by atoms with E-state index in [4.69, 9.17) is 9.47 Å². The largest absolute Gasteiger partial charge is 0.507 e. The summed E-state index contributed by atoms with van der Waals surface area (Å²) in [6.45, 7) is 3.70. The lowest BCUT2D eigenvalue weighted by Gasteiger charge is -2.10. The molecule has 2 aromatic rings. The van der Waals surface area contributed by atoms with Gasteiger partial charge in [0.2, 0.25) is 0 Å². The molecule has 0 fully saturated rings. The maximum atomic E-state index is 10.9. The van der Waals surface area contributed by atoms with Crippen LogP contribution in [-0.2, 0) is 9.53 Å². The number of benzene rings is 2. The van der Waals surface area contributed by atoms with Gasteiger partial charge >= 0.3 is 5.97 Å². The van der Waals surface area contributed by atoms with E-state index in [2.05, 4.69) is 6.58 Å². The number of aromatic hydroxyl groups is 1. The first-order valence-corrected chi connectivity index (χ1v) is 5.85. The van der Waals surface area contributed by atoms with Gasteiger partial charge in [0.25, 0.3) is 0 Å². The number of hydrogen-bond acceptors (Lipinski definition) is 4. The van der Waals surface area contributed by atoms with Crippen LogP contribution in [0.5, 0.6) is 11.5 Å². The lowest BCUT2D eigenvalue weighted by molar-refractivity contribution is -0.138. The molecule has 98 valence electrons. The van der Waals surface area contributed by atoms with Crippen LogP contribution in [0.2, 0.25) is 0 Å². The third-order valence-electron chi connectivity index (χ3n) is 2.61. The van der Waals surface area contributed by atoms with E-state index in [1.165, 1.54) is 0 Å². The summed E-state index contributed by atoms with van der Waals surface area (Å²) in [5.41, 5.74) is 0. The van der Waals surface area contributed by atoms with Crippen LogP contribution in [0.3, 0.4) is 0 Å². The summed E-state index contributed by atoms with van der Waals surface area (Å²) in [5.74, 6) is 0.378. The Morgan fingerprint density at radius 2 is 1.89 bits per heavy atom. The van der Waals surface area contributed by atoms with Crippen LogP contribution in [0.4, 0.5) is 0 Å². The van der Waals surface area contributed by atoms with Crippen molar-refractivity contribution in [3.8, 4) is 11.5 Å². The van der Waals surface area contributed by atoms with Crippen molar-refractivity contribution in [3.63, 3.8) is 0 Å². The van der Waals surface area contributed by atoms with E-state index in [1.807, 2.05) is 24.3 Å². The van der Waals surface area contributed by atoms with Gasteiger partial charge in [0.05, 0.1) is 0 Å². The summed E-state index contributed by atoms with van der Waals surface area (Å²) >= 11 is 0. The monoisotopic (exact) mass is 258 g/mol. The fourth-order valence-electron chi connectivity index (χ4n) is 1.73. The predicted octanol–water partition coefficient (Wildman–Crippen LogP) is 2.65. The second kappa shape index (κ2) is 5.91. The Labute approximate surface area is 110 Å². The third-order valence-corrected chi connectivity index (χ3v) is 2.61. The van der Waals surface area contributed by atoms with Crippen molar-refractivity contribution in [2.24, 2.45) is 0 Å². The van der Waals surface area contributed by atoms with Crippen LogP contribution in [-0.4, -0.2) is 24.3 Å². The van der Waals surface area contributed by atoms with Crippen molar-refractivity contribution in [1.29, 1.82) is 0 Å². The summed E-state index contributed by atoms with van der Waals surface area (Å²) in [7, 11) is 0. The van der Waals surface area contributed by atoms with Crippen LogP contribution >= 0.6 is 0 Å². The molecule has 0 aliphatic carbocycles. The Hall–Kier alpha value is -2.49. The lowest BCUT2D eigenvalue weighted by Crippen LogP contribution is -2.10. The molecule has 0 unspecified atom stereocenters. The third kappa shape index (κ3) is 3.04. The normalized spacial score (nSPS) is 10.1.